The van der Waals surface area contributed by atoms with E-state index in [1.165, 1.54) is 5.01 Å². The van der Waals surface area contributed by atoms with Crippen LogP contribution in [0.25, 0.3) is 0 Å². The highest BCUT2D eigenvalue weighted by Gasteiger charge is 2.32. The zero-order valence-corrected chi connectivity index (χ0v) is 14.9. The first-order valence-electron chi connectivity index (χ1n) is 7.74. The van der Waals surface area contributed by atoms with Crippen molar-refractivity contribution in [3.63, 3.8) is 0 Å². The first kappa shape index (κ1) is 17.8. The van der Waals surface area contributed by atoms with Gasteiger partial charge >= 0.3 is 10.1 Å². The van der Waals surface area contributed by atoms with Crippen LogP contribution in [-0.2, 0) is 14.3 Å². The quantitative estimate of drug-likeness (QED) is 0.633. The third-order valence-electron chi connectivity index (χ3n) is 3.81. The van der Waals surface area contributed by atoms with E-state index in [9.17, 15) is 8.42 Å². The molecule has 0 saturated carbocycles. The van der Waals surface area contributed by atoms with Crippen LogP contribution in [0.15, 0.2) is 29.4 Å². The normalized spacial score (nSPS) is 18.0. The van der Waals surface area contributed by atoms with Gasteiger partial charge < -0.3 is 4.90 Å². The first-order chi connectivity index (χ1) is 10.8. The van der Waals surface area contributed by atoms with E-state index in [2.05, 4.69) is 6.92 Å². The Labute approximate surface area is 138 Å². The van der Waals surface area contributed by atoms with E-state index in [0.717, 1.165) is 18.4 Å². The fourth-order valence-electron chi connectivity index (χ4n) is 2.83. The van der Waals surface area contributed by atoms with Crippen molar-refractivity contribution in [3.8, 4) is 0 Å². The van der Waals surface area contributed by atoms with Gasteiger partial charge in [0.05, 0.1) is 0 Å². The second-order valence-electron chi connectivity index (χ2n) is 5.94. The molecular weight excluding hydrogens is 314 g/mol. The van der Waals surface area contributed by atoms with Crippen LogP contribution in [0.1, 0.15) is 36.5 Å². The van der Waals surface area contributed by atoms with Crippen molar-refractivity contribution in [1.82, 2.24) is 9.91 Å². The molecule has 7 heteroatoms. The molecule has 0 radical (unpaired) electrons. The van der Waals surface area contributed by atoms with Gasteiger partial charge in [-0.1, -0.05) is 31.0 Å². The molecule has 0 aliphatic carbocycles. The lowest BCUT2D eigenvalue weighted by Gasteiger charge is -2.29. The van der Waals surface area contributed by atoms with Gasteiger partial charge in [-0.15, -0.1) is 0 Å². The third-order valence-corrected chi connectivity index (χ3v) is 5.38. The monoisotopic (exact) mass is 339 g/mol. The highest BCUT2D eigenvalue weighted by Crippen LogP contribution is 2.26. The van der Waals surface area contributed by atoms with Gasteiger partial charge in [0.2, 0.25) is 6.35 Å². The van der Waals surface area contributed by atoms with E-state index >= 15 is 0 Å². The molecule has 1 aliphatic heterocycles. The third kappa shape index (κ3) is 3.85. The Kier molecular flexibility index (Phi) is 5.33. The number of aryl methyl sites for hydroxylation is 3. The maximum Gasteiger partial charge on any atom is 0.301 e. The second kappa shape index (κ2) is 6.90. The maximum atomic E-state index is 12.7. The van der Waals surface area contributed by atoms with Gasteiger partial charge in [-0.3, -0.25) is 5.01 Å². The predicted octanol–water partition coefficient (Wildman–Crippen LogP) is 2.36. The Balaban J connectivity index is 2.27. The van der Waals surface area contributed by atoms with E-state index in [4.69, 9.17) is 10.0 Å². The fraction of sp³-hybridized carbons (Fsp3) is 0.500. The standard InChI is InChI=1S/C16H25N3O3S/c1-5-6-7-18-8-9-19(17)16(18)22-23(20,21)15-13(3)10-12(2)11-14(15)4/h8-11,16H,5-7,17H2,1-4H3. The van der Waals surface area contributed by atoms with Gasteiger partial charge in [-0.05, 0) is 38.3 Å². The van der Waals surface area contributed by atoms with Gasteiger partial charge in [0.1, 0.15) is 4.90 Å². The zero-order valence-electron chi connectivity index (χ0n) is 14.1. The van der Waals surface area contributed by atoms with Gasteiger partial charge in [-0.2, -0.15) is 8.42 Å². The molecular formula is C16H25N3O3S. The summed E-state index contributed by atoms with van der Waals surface area (Å²) in [7, 11) is -3.92. The topological polar surface area (TPSA) is 75.9 Å². The molecule has 1 unspecified atom stereocenters. The number of unbranched alkanes of at least 4 members (excludes halogenated alkanes) is 1. The van der Waals surface area contributed by atoms with Crippen molar-refractivity contribution in [2.24, 2.45) is 5.84 Å². The Morgan fingerprint density at radius 3 is 2.35 bits per heavy atom. The molecule has 0 bridgehead atoms. The van der Waals surface area contributed by atoms with E-state index in [-0.39, 0.29) is 4.90 Å². The number of nitrogens with two attached hydrogens (primary N) is 1. The van der Waals surface area contributed by atoms with Crippen molar-refractivity contribution in [3.05, 3.63) is 41.2 Å². The lowest BCUT2D eigenvalue weighted by molar-refractivity contribution is -0.0219. The van der Waals surface area contributed by atoms with Gasteiger partial charge in [0.15, 0.2) is 0 Å². The molecule has 1 aromatic carbocycles. The van der Waals surface area contributed by atoms with E-state index < -0.39 is 16.5 Å². The first-order valence-corrected chi connectivity index (χ1v) is 9.15. The van der Waals surface area contributed by atoms with Crippen molar-refractivity contribution >= 4 is 10.1 Å². The molecule has 1 atom stereocenters. The average molecular weight is 339 g/mol. The average Bonchev–Trinajstić information content (AvgIpc) is 2.75. The number of benzene rings is 1. The molecule has 0 spiro atoms. The van der Waals surface area contributed by atoms with Gasteiger partial charge in [-0.25, -0.2) is 10.0 Å². The minimum absolute atomic E-state index is 0.221. The van der Waals surface area contributed by atoms with Gasteiger partial charge in [0, 0.05) is 18.9 Å². The van der Waals surface area contributed by atoms with Crippen molar-refractivity contribution in [2.75, 3.05) is 6.54 Å². The number of rotatable bonds is 6. The predicted molar refractivity (Wildman–Crippen MR) is 89.5 cm³/mol. The largest absolute Gasteiger partial charge is 0.332 e. The van der Waals surface area contributed by atoms with E-state index in [1.54, 1.807) is 31.1 Å². The van der Waals surface area contributed by atoms with Crippen molar-refractivity contribution in [1.29, 1.82) is 0 Å². The summed E-state index contributed by atoms with van der Waals surface area (Å²) in [4.78, 5) is 2.01. The summed E-state index contributed by atoms with van der Waals surface area (Å²) in [6.45, 7) is 8.25. The minimum atomic E-state index is -3.92. The molecule has 6 nitrogen and oxygen atoms in total. The summed E-state index contributed by atoms with van der Waals surface area (Å²) in [6.07, 6.45) is 4.47. The molecule has 128 valence electrons. The molecule has 2 N–H and O–H groups in total. The summed E-state index contributed by atoms with van der Waals surface area (Å²) in [5.41, 5.74) is 2.38. The highest BCUT2D eigenvalue weighted by atomic mass is 32.2. The van der Waals surface area contributed by atoms with Crippen LogP contribution in [0.4, 0.5) is 0 Å². The number of hydrazine groups is 1. The molecule has 0 saturated heterocycles. The lowest BCUT2D eigenvalue weighted by atomic mass is 10.1. The van der Waals surface area contributed by atoms with E-state index in [0.29, 0.717) is 17.7 Å². The van der Waals surface area contributed by atoms with Crippen molar-refractivity contribution < 1.29 is 12.6 Å². The van der Waals surface area contributed by atoms with Crippen molar-refractivity contribution in [2.45, 2.75) is 51.8 Å². The van der Waals surface area contributed by atoms with Crippen LogP contribution < -0.4 is 5.84 Å². The highest BCUT2D eigenvalue weighted by molar-refractivity contribution is 7.86. The van der Waals surface area contributed by atoms with Crippen LogP contribution in [-0.4, -0.2) is 31.2 Å². The Hall–Kier alpha value is -1.57. The molecule has 1 aliphatic rings. The molecule has 0 aromatic heterocycles. The summed E-state index contributed by atoms with van der Waals surface area (Å²) in [6, 6.07) is 3.68. The molecule has 23 heavy (non-hydrogen) atoms. The summed E-state index contributed by atoms with van der Waals surface area (Å²) >= 11 is 0. The Bertz CT molecular complexity index is 678. The van der Waals surface area contributed by atoms with E-state index in [1.807, 2.05) is 19.1 Å². The Morgan fingerprint density at radius 2 is 1.78 bits per heavy atom. The molecule has 2 rings (SSSR count). The minimum Gasteiger partial charge on any atom is -0.332 e. The zero-order chi connectivity index (χ0) is 17.2. The number of hydrogen-bond acceptors (Lipinski definition) is 6. The lowest BCUT2D eigenvalue weighted by Crippen LogP contribution is -2.45. The van der Waals surface area contributed by atoms with Crippen LogP contribution >= 0.6 is 0 Å². The molecule has 0 fully saturated rings. The van der Waals surface area contributed by atoms with Crippen LogP contribution in [0, 0.1) is 20.8 Å². The van der Waals surface area contributed by atoms with Crippen LogP contribution in [0.2, 0.25) is 0 Å². The SMILES string of the molecule is CCCCN1C=CN(N)C1OS(=O)(=O)c1c(C)cc(C)cc1C. The number of nitrogens with zero attached hydrogens (tertiary/aromatic N) is 2. The molecule has 1 heterocycles. The van der Waals surface area contributed by atoms with Crippen LogP contribution in [0.3, 0.4) is 0 Å². The summed E-state index contributed by atoms with van der Waals surface area (Å²) < 4.78 is 30.9. The summed E-state index contributed by atoms with van der Waals surface area (Å²) in [5.74, 6) is 5.84. The Morgan fingerprint density at radius 1 is 1.17 bits per heavy atom. The number of hydrogen-bond donors (Lipinski definition) is 1. The molecule has 0 amide bonds. The molecule has 1 aromatic rings. The smallest absolute Gasteiger partial charge is 0.301 e. The second-order valence-corrected chi connectivity index (χ2v) is 7.45. The van der Waals surface area contributed by atoms with Crippen LogP contribution in [0.5, 0.6) is 0 Å². The summed E-state index contributed by atoms with van der Waals surface area (Å²) in [5, 5.41) is 1.27. The van der Waals surface area contributed by atoms with Gasteiger partial charge in [0.25, 0.3) is 0 Å². The fourth-order valence-corrected chi connectivity index (χ4v) is 4.27. The maximum absolute atomic E-state index is 12.7.